The van der Waals surface area contributed by atoms with Crippen LogP contribution in [0.15, 0.2) is 53.9 Å². The van der Waals surface area contributed by atoms with Gasteiger partial charge in [0.1, 0.15) is 29.7 Å². The van der Waals surface area contributed by atoms with Crippen molar-refractivity contribution in [2.45, 2.75) is 24.3 Å². The Hall–Kier alpha value is -3.42. The lowest BCUT2D eigenvalue weighted by Crippen LogP contribution is -2.40. The highest BCUT2D eigenvalue weighted by Gasteiger charge is 2.38. The zero-order chi connectivity index (χ0) is 20.9. The SMILES string of the molecule is CCC1CN(S(=O)(=O)c2cccc(C#N)c2)CN1n1cnc2cnc3[nH]ccc3c21. The Morgan fingerprint density at radius 1 is 1.30 bits per heavy atom. The fourth-order valence-corrected chi connectivity index (χ4v) is 5.45. The van der Waals surface area contributed by atoms with Crippen molar-refractivity contribution in [1.82, 2.24) is 23.9 Å². The minimum Gasteiger partial charge on any atom is -0.346 e. The molecule has 1 atom stereocenters. The maximum absolute atomic E-state index is 13.3. The molecule has 4 heterocycles. The highest BCUT2D eigenvalue weighted by Crippen LogP contribution is 2.28. The third kappa shape index (κ3) is 2.74. The molecule has 9 nitrogen and oxygen atoms in total. The lowest BCUT2D eigenvalue weighted by molar-refractivity contribution is 0.467. The zero-order valence-electron chi connectivity index (χ0n) is 16.2. The smallest absolute Gasteiger partial charge is 0.244 e. The fourth-order valence-electron chi connectivity index (χ4n) is 3.99. The van der Waals surface area contributed by atoms with Crippen LogP contribution in [0.4, 0.5) is 0 Å². The number of nitrogens with one attached hydrogen (secondary N) is 1. The van der Waals surface area contributed by atoms with Gasteiger partial charge >= 0.3 is 0 Å². The van der Waals surface area contributed by atoms with Gasteiger partial charge in [0.25, 0.3) is 0 Å². The second-order valence-corrected chi connectivity index (χ2v) is 9.18. The van der Waals surface area contributed by atoms with Gasteiger partial charge in [0, 0.05) is 18.1 Å². The number of H-pyrrole nitrogens is 1. The Balaban J connectivity index is 1.56. The van der Waals surface area contributed by atoms with Crippen LogP contribution in [0.25, 0.3) is 22.1 Å². The van der Waals surface area contributed by atoms with Gasteiger partial charge in [0.15, 0.2) is 0 Å². The molecule has 0 amide bonds. The van der Waals surface area contributed by atoms with Crippen LogP contribution >= 0.6 is 0 Å². The Labute approximate surface area is 173 Å². The van der Waals surface area contributed by atoms with Crippen LogP contribution in [0, 0.1) is 11.3 Å². The van der Waals surface area contributed by atoms with E-state index in [1.54, 1.807) is 24.7 Å². The first kappa shape index (κ1) is 18.6. The van der Waals surface area contributed by atoms with Crippen molar-refractivity contribution in [3.63, 3.8) is 0 Å². The van der Waals surface area contributed by atoms with E-state index in [9.17, 15) is 8.42 Å². The number of rotatable bonds is 4. The molecule has 10 heteroatoms. The molecule has 152 valence electrons. The van der Waals surface area contributed by atoms with Gasteiger partial charge in [-0.15, -0.1) is 0 Å². The van der Waals surface area contributed by atoms with Gasteiger partial charge in [-0.3, -0.25) is 5.01 Å². The second-order valence-electron chi connectivity index (χ2n) is 7.24. The molecule has 0 bridgehead atoms. The maximum Gasteiger partial charge on any atom is 0.244 e. The summed E-state index contributed by atoms with van der Waals surface area (Å²) in [6.45, 7) is 2.59. The lowest BCUT2D eigenvalue weighted by Gasteiger charge is -2.26. The van der Waals surface area contributed by atoms with Crippen LogP contribution in [0.2, 0.25) is 0 Å². The van der Waals surface area contributed by atoms with Gasteiger partial charge in [-0.1, -0.05) is 13.0 Å². The number of hydrogen-bond donors (Lipinski definition) is 1. The molecule has 3 aromatic heterocycles. The van der Waals surface area contributed by atoms with Crippen molar-refractivity contribution in [3.8, 4) is 6.07 Å². The highest BCUT2D eigenvalue weighted by molar-refractivity contribution is 7.89. The third-order valence-corrected chi connectivity index (χ3v) is 7.36. The number of nitrogens with zero attached hydrogens (tertiary/aromatic N) is 6. The summed E-state index contributed by atoms with van der Waals surface area (Å²) in [5.74, 6) is 0. The summed E-state index contributed by atoms with van der Waals surface area (Å²) in [5, 5.41) is 12.1. The van der Waals surface area contributed by atoms with Crippen molar-refractivity contribution in [1.29, 1.82) is 5.26 Å². The number of hydrogen-bond acceptors (Lipinski definition) is 6. The zero-order valence-corrected chi connectivity index (χ0v) is 17.0. The van der Waals surface area contributed by atoms with E-state index in [2.05, 4.69) is 15.0 Å². The Kier molecular flexibility index (Phi) is 4.23. The van der Waals surface area contributed by atoms with Crippen molar-refractivity contribution in [3.05, 3.63) is 54.6 Å². The van der Waals surface area contributed by atoms with E-state index in [1.165, 1.54) is 16.4 Å². The summed E-state index contributed by atoms with van der Waals surface area (Å²) in [4.78, 5) is 12.1. The summed E-state index contributed by atoms with van der Waals surface area (Å²) in [5.41, 5.74) is 2.72. The van der Waals surface area contributed by atoms with Crippen LogP contribution in [-0.4, -0.2) is 51.6 Å². The third-order valence-electron chi connectivity index (χ3n) is 5.56. The molecular weight excluding hydrogens is 402 g/mol. The molecule has 0 radical (unpaired) electrons. The Bertz CT molecular complexity index is 1400. The van der Waals surface area contributed by atoms with Gasteiger partial charge in [-0.25, -0.2) is 23.1 Å². The minimum atomic E-state index is -3.73. The Morgan fingerprint density at radius 2 is 2.17 bits per heavy atom. The van der Waals surface area contributed by atoms with E-state index in [4.69, 9.17) is 5.26 Å². The number of nitriles is 1. The van der Waals surface area contributed by atoms with Crippen LogP contribution in [0.5, 0.6) is 0 Å². The van der Waals surface area contributed by atoms with Crippen LogP contribution in [0.3, 0.4) is 0 Å². The van der Waals surface area contributed by atoms with Gasteiger partial charge in [0.2, 0.25) is 10.0 Å². The normalized spacial score (nSPS) is 17.7. The molecule has 0 saturated carbocycles. The molecule has 0 aliphatic carbocycles. The van der Waals surface area contributed by atoms with Crippen LogP contribution in [-0.2, 0) is 10.0 Å². The molecule has 1 N–H and O–H groups in total. The minimum absolute atomic E-state index is 0.0153. The molecule has 0 spiro atoms. The first-order chi connectivity index (χ1) is 14.5. The summed E-state index contributed by atoms with van der Waals surface area (Å²) >= 11 is 0. The average Bonchev–Trinajstić information content (AvgIpc) is 3.49. The van der Waals surface area contributed by atoms with E-state index >= 15 is 0 Å². The van der Waals surface area contributed by atoms with Crippen molar-refractivity contribution >= 4 is 32.1 Å². The van der Waals surface area contributed by atoms with Gasteiger partial charge < -0.3 is 4.98 Å². The molecule has 1 aliphatic heterocycles. The largest absolute Gasteiger partial charge is 0.346 e. The van der Waals surface area contributed by atoms with E-state index in [1.807, 2.05) is 34.9 Å². The quantitative estimate of drug-likeness (QED) is 0.541. The number of sulfonamides is 1. The standard InChI is InChI=1S/C20H19N7O2S/c1-2-15-11-25(30(28,29)16-5-3-4-14(8-16)9-21)13-27(15)26-12-24-18-10-23-20-17(19(18)26)6-7-22-20/h3-8,10,12,15H,2,11,13H2,1H3,(H,22,23). The van der Waals surface area contributed by atoms with E-state index in [0.29, 0.717) is 12.1 Å². The molecule has 1 saturated heterocycles. The van der Waals surface area contributed by atoms with Gasteiger partial charge in [-0.2, -0.15) is 9.57 Å². The van der Waals surface area contributed by atoms with E-state index in [-0.39, 0.29) is 17.6 Å². The molecule has 1 unspecified atom stereocenters. The summed E-state index contributed by atoms with van der Waals surface area (Å²) in [6, 6.07) is 10.1. The van der Waals surface area contributed by atoms with Gasteiger partial charge in [0.05, 0.1) is 28.8 Å². The molecule has 30 heavy (non-hydrogen) atoms. The number of aromatic amines is 1. The van der Waals surface area contributed by atoms with E-state index < -0.39 is 10.0 Å². The number of pyridine rings is 1. The average molecular weight is 421 g/mol. The number of benzene rings is 1. The first-order valence-electron chi connectivity index (χ1n) is 9.59. The first-order valence-corrected chi connectivity index (χ1v) is 11.0. The Morgan fingerprint density at radius 3 is 2.97 bits per heavy atom. The van der Waals surface area contributed by atoms with Crippen LogP contribution in [0.1, 0.15) is 18.9 Å². The van der Waals surface area contributed by atoms with Crippen molar-refractivity contribution in [2.75, 3.05) is 18.2 Å². The molecular formula is C20H19N7O2S. The second kappa shape index (κ2) is 6.83. The summed E-state index contributed by atoms with van der Waals surface area (Å²) in [7, 11) is -3.73. The fraction of sp³-hybridized carbons (Fsp3) is 0.250. The highest BCUT2D eigenvalue weighted by atomic mass is 32.2. The predicted octanol–water partition coefficient (Wildman–Crippen LogP) is 2.16. The molecule has 5 rings (SSSR count). The maximum atomic E-state index is 13.3. The predicted molar refractivity (Wildman–Crippen MR) is 112 cm³/mol. The summed E-state index contributed by atoms with van der Waals surface area (Å²) < 4.78 is 29.9. The topological polar surface area (TPSA) is 111 Å². The van der Waals surface area contributed by atoms with Gasteiger partial charge in [-0.05, 0) is 30.7 Å². The van der Waals surface area contributed by atoms with E-state index in [0.717, 1.165) is 28.5 Å². The lowest BCUT2D eigenvalue weighted by atomic mass is 10.2. The number of imidazole rings is 1. The molecule has 1 aromatic carbocycles. The number of aromatic nitrogens is 4. The molecule has 1 fully saturated rings. The monoisotopic (exact) mass is 421 g/mol. The van der Waals surface area contributed by atoms with Crippen LogP contribution < -0.4 is 5.01 Å². The molecule has 4 aromatic rings. The molecule has 1 aliphatic rings. The number of fused-ring (bicyclic) bond motifs is 3. The van der Waals surface area contributed by atoms with Crippen molar-refractivity contribution in [2.24, 2.45) is 0 Å². The van der Waals surface area contributed by atoms with Crippen molar-refractivity contribution < 1.29 is 8.42 Å². The summed E-state index contributed by atoms with van der Waals surface area (Å²) in [6.07, 6.45) is 6.03.